The summed E-state index contributed by atoms with van der Waals surface area (Å²) in [6, 6.07) is 0. The summed E-state index contributed by atoms with van der Waals surface area (Å²) >= 11 is 0. The molecule has 0 fully saturated rings. The Kier molecular flexibility index (Phi) is 4.97. The van der Waals surface area contributed by atoms with Crippen LogP contribution in [0.25, 0.3) is 0 Å². The van der Waals surface area contributed by atoms with E-state index in [1.54, 1.807) is 20.8 Å². The first-order valence-corrected chi connectivity index (χ1v) is 6.08. The Morgan fingerprint density at radius 3 is 1.84 bits per heavy atom. The van der Waals surface area contributed by atoms with Gasteiger partial charge in [-0.3, -0.25) is 4.90 Å². The summed E-state index contributed by atoms with van der Waals surface area (Å²) in [5, 5.41) is 9.30. The molecule has 0 saturated carbocycles. The Bertz CT molecular complexity index is 357. The zero-order valence-electron chi connectivity index (χ0n) is 12.7. The minimum Gasteiger partial charge on any atom is -0.480 e. The van der Waals surface area contributed by atoms with Crippen molar-refractivity contribution in [3.63, 3.8) is 0 Å². The van der Waals surface area contributed by atoms with E-state index in [1.165, 1.54) is 27.8 Å². The highest BCUT2D eigenvalue weighted by atomic mass is 19.1. The Balaban J connectivity index is 5.20. The van der Waals surface area contributed by atoms with Crippen LogP contribution >= 0.6 is 0 Å². The van der Waals surface area contributed by atoms with E-state index in [0.717, 1.165) is 4.90 Å². The smallest absolute Gasteiger partial charge is 0.410 e. The fourth-order valence-corrected chi connectivity index (χ4v) is 1.69. The second kappa shape index (κ2) is 5.35. The van der Waals surface area contributed by atoms with Crippen LogP contribution in [-0.4, -0.2) is 45.9 Å². The minimum atomic E-state index is -1.72. The molecule has 0 aliphatic rings. The van der Waals surface area contributed by atoms with Crippen molar-refractivity contribution in [3.05, 3.63) is 0 Å². The maximum absolute atomic E-state index is 13.8. The summed E-state index contributed by atoms with van der Waals surface area (Å²) in [5.41, 5.74) is -4.13. The number of likely N-dealkylation sites (N-methyl/N-ethyl adjacent to an activating group) is 1. The van der Waals surface area contributed by atoms with Crippen molar-refractivity contribution < 1.29 is 23.8 Å². The number of aliphatic carboxylic acids is 1. The van der Waals surface area contributed by atoms with E-state index in [9.17, 15) is 19.1 Å². The highest BCUT2D eigenvalue weighted by Gasteiger charge is 2.45. The van der Waals surface area contributed by atoms with E-state index < -0.39 is 28.9 Å². The first-order valence-electron chi connectivity index (χ1n) is 6.08. The summed E-state index contributed by atoms with van der Waals surface area (Å²) in [4.78, 5) is 24.2. The van der Waals surface area contributed by atoms with Gasteiger partial charge in [0.15, 0.2) is 0 Å². The number of carboxylic acid groups (broad SMARTS) is 1. The number of halogens is 1. The van der Waals surface area contributed by atoms with E-state index >= 15 is 0 Å². The molecule has 1 N–H and O–H groups in total. The second-order valence-corrected chi connectivity index (χ2v) is 6.51. The molecule has 19 heavy (non-hydrogen) atoms. The third-order valence-corrected chi connectivity index (χ3v) is 2.63. The molecule has 0 heterocycles. The SMILES string of the molecule is CN(C(=O)OC(C)(C)C)C(C)(CC(C)(C)F)C(=O)O. The number of carboxylic acids is 1. The van der Waals surface area contributed by atoms with E-state index in [4.69, 9.17) is 4.74 Å². The fraction of sp³-hybridized carbons (Fsp3) is 0.846. The maximum atomic E-state index is 13.8. The number of rotatable bonds is 4. The van der Waals surface area contributed by atoms with Crippen LogP contribution < -0.4 is 0 Å². The maximum Gasteiger partial charge on any atom is 0.410 e. The molecule has 0 aliphatic heterocycles. The van der Waals surface area contributed by atoms with Gasteiger partial charge in [0.25, 0.3) is 0 Å². The molecule has 0 aromatic rings. The highest BCUT2D eigenvalue weighted by molar-refractivity contribution is 5.84. The quantitative estimate of drug-likeness (QED) is 0.858. The highest BCUT2D eigenvalue weighted by Crippen LogP contribution is 2.29. The third kappa shape index (κ3) is 5.44. The number of ether oxygens (including phenoxy) is 1. The van der Waals surface area contributed by atoms with Crippen LogP contribution in [0.15, 0.2) is 0 Å². The van der Waals surface area contributed by atoms with Crippen molar-refractivity contribution in [2.45, 2.75) is 64.8 Å². The van der Waals surface area contributed by atoms with Crippen molar-refractivity contribution in [1.82, 2.24) is 4.90 Å². The van der Waals surface area contributed by atoms with Crippen molar-refractivity contribution in [2.75, 3.05) is 7.05 Å². The molecule has 0 radical (unpaired) electrons. The third-order valence-electron chi connectivity index (χ3n) is 2.63. The molecule has 112 valence electrons. The molecule has 6 heteroatoms. The Morgan fingerprint density at radius 2 is 1.58 bits per heavy atom. The van der Waals surface area contributed by atoms with Crippen molar-refractivity contribution in [1.29, 1.82) is 0 Å². The van der Waals surface area contributed by atoms with Crippen molar-refractivity contribution in [3.8, 4) is 0 Å². The number of alkyl halides is 1. The summed E-state index contributed by atoms with van der Waals surface area (Å²) < 4.78 is 18.9. The van der Waals surface area contributed by atoms with Gasteiger partial charge >= 0.3 is 12.1 Å². The molecule has 0 bridgehead atoms. The van der Waals surface area contributed by atoms with Crippen molar-refractivity contribution >= 4 is 12.1 Å². The lowest BCUT2D eigenvalue weighted by molar-refractivity contribution is -0.151. The average molecular weight is 277 g/mol. The van der Waals surface area contributed by atoms with E-state index in [-0.39, 0.29) is 6.42 Å². The van der Waals surface area contributed by atoms with E-state index in [1.807, 2.05) is 0 Å². The molecule has 0 aliphatic carbocycles. The summed E-state index contributed by atoms with van der Waals surface area (Å²) in [5.74, 6) is -1.27. The van der Waals surface area contributed by atoms with Crippen LogP contribution in [-0.2, 0) is 9.53 Å². The lowest BCUT2D eigenvalue weighted by Crippen LogP contribution is -2.56. The van der Waals surface area contributed by atoms with Gasteiger partial charge in [-0.05, 0) is 41.5 Å². The first kappa shape index (κ1) is 17.7. The fourth-order valence-electron chi connectivity index (χ4n) is 1.69. The lowest BCUT2D eigenvalue weighted by Gasteiger charge is -2.38. The molecule has 0 spiro atoms. The van der Waals surface area contributed by atoms with Crippen LogP contribution in [0.2, 0.25) is 0 Å². The summed E-state index contributed by atoms with van der Waals surface area (Å²) in [7, 11) is 1.30. The second-order valence-electron chi connectivity index (χ2n) is 6.51. The minimum absolute atomic E-state index is 0.328. The average Bonchev–Trinajstić information content (AvgIpc) is 2.10. The zero-order chi connectivity index (χ0) is 15.6. The number of hydrogen-bond donors (Lipinski definition) is 1. The van der Waals surface area contributed by atoms with Gasteiger partial charge in [-0.25, -0.2) is 14.0 Å². The largest absolute Gasteiger partial charge is 0.480 e. The number of amides is 1. The van der Waals surface area contributed by atoms with Crippen LogP contribution in [0.1, 0.15) is 48.0 Å². The Morgan fingerprint density at radius 1 is 1.16 bits per heavy atom. The van der Waals surface area contributed by atoms with Gasteiger partial charge in [0.2, 0.25) is 0 Å². The summed E-state index contributed by atoms with van der Waals surface area (Å²) in [6.45, 7) is 8.89. The molecule has 0 saturated heterocycles. The lowest BCUT2D eigenvalue weighted by atomic mass is 9.88. The van der Waals surface area contributed by atoms with Gasteiger partial charge in [0.1, 0.15) is 16.8 Å². The number of carbonyl (C=O) groups is 2. The Labute approximate surface area is 113 Å². The molecule has 1 atom stereocenters. The van der Waals surface area contributed by atoms with Gasteiger partial charge in [-0.15, -0.1) is 0 Å². The standard InChI is InChI=1S/C13H24FNO4/c1-11(2,3)19-10(18)15(7)13(6,9(16)17)8-12(4,5)14/h8H2,1-7H3,(H,16,17). The van der Waals surface area contributed by atoms with Crippen LogP contribution in [0.3, 0.4) is 0 Å². The molecule has 1 amide bonds. The molecule has 0 aromatic carbocycles. The van der Waals surface area contributed by atoms with Gasteiger partial charge in [0, 0.05) is 13.5 Å². The number of carbonyl (C=O) groups excluding carboxylic acids is 1. The molecule has 5 nitrogen and oxygen atoms in total. The van der Waals surface area contributed by atoms with E-state index in [2.05, 4.69) is 0 Å². The monoisotopic (exact) mass is 277 g/mol. The molecule has 0 rings (SSSR count). The van der Waals surface area contributed by atoms with E-state index in [0.29, 0.717) is 0 Å². The van der Waals surface area contributed by atoms with Crippen LogP contribution in [0, 0.1) is 0 Å². The molecule has 0 aromatic heterocycles. The zero-order valence-corrected chi connectivity index (χ0v) is 12.7. The van der Waals surface area contributed by atoms with Crippen LogP contribution in [0.4, 0.5) is 9.18 Å². The molecule has 1 unspecified atom stereocenters. The predicted octanol–water partition coefficient (Wildman–Crippen LogP) is 2.83. The van der Waals surface area contributed by atoms with Gasteiger partial charge < -0.3 is 9.84 Å². The summed E-state index contributed by atoms with van der Waals surface area (Å²) in [6.07, 6.45) is -1.12. The molecular formula is C13H24FNO4. The van der Waals surface area contributed by atoms with Crippen molar-refractivity contribution in [2.24, 2.45) is 0 Å². The van der Waals surface area contributed by atoms with Gasteiger partial charge in [-0.2, -0.15) is 0 Å². The van der Waals surface area contributed by atoms with Gasteiger partial charge in [-0.1, -0.05) is 0 Å². The Hall–Kier alpha value is -1.33. The number of hydrogen-bond acceptors (Lipinski definition) is 3. The number of nitrogens with zero attached hydrogens (tertiary/aromatic N) is 1. The van der Waals surface area contributed by atoms with Crippen LogP contribution in [0.5, 0.6) is 0 Å². The van der Waals surface area contributed by atoms with Gasteiger partial charge in [0.05, 0.1) is 0 Å². The predicted molar refractivity (Wildman–Crippen MR) is 69.8 cm³/mol. The molecular weight excluding hydrogens is 253 g/mol. The topological polar surface area (TPSA) is 66.8 Å². The normalized spacial score (nSPS) is 15.6. The first-order chi connectivity index (χ1) is 8.19.